The molecule has 0 aliphatic rings. The molecular weight excluding hydrogens is 236 g/mol. The number of aliphatic hydroxyl groups excluding tert-OH is 2. The third-order valence-corrected chi connectivity index (χ3v) is 2.20. The normalized spacial score (nSPS) is 12.1. The maximum atomic E-state index is 10.1. The fourth-order valence-corrected chi connectivity index (χ4v) is 1.29. The van der Waals surface area contributed by atoms with Crippen molar-refractivity contribution in [3.63, 3.8) is 0 Å². The summed E-state index contributed by atoms with van der Waals surface area (Å²) in [6.07, 6.45) is 0.326. The molecule has 1 rings (SSSR count). The number of hydrogen-bond donors (Lipinski definition) is 2. The molecule has 1 aromatic carbocycles. The monoisotopic (exact) mass is 254 g/mol. The zero-order valence-electron chi connectivity index (χ0n) is 10.1. The predicted octanol–water partition coefficient (Wildman–Crippen LogP) is 0.524. The largest absolute Gasteiger partial charge is 0.491 e. The standard InChI is InChI=1S/C13H18O5/c14-5-2-6-17-9-11-3-1-4-13(7-11)18-10-12(16)8-15/h1,3-5,7,12,15-16H,2,6,8-10H2. The van der Waals surface area contributed by atoms with Crippen LogP contribution < -0.4 is 4.74 Å². The molecule has 0 bridgehead atoms. The fourth-order valence-electron chi connectivity index (χ4n) is 1.29. The van der Waals surface area contributed by atoms with Crippen LogP contribution in [0, 0.1) is 0 Å². The highest BCUT2D eigenvalue weighted by atomic mass is 16.5. The Morgan fingerprint density at radius 3 is 2.94 bits per heavy atom. The van der Waals surface area contributed by atoms with Crippen LogP contribution >= 0.6 is 0 Å². The summed E-state index contributed by atoms with van der Waals surface area (Å²) in [6.45, 7) is 0.534. The van der Waals surface area contributed by atoms with Gasteiger partial charge in [-0.1, -0.05) is 12.1 Å². The van der Waals surface area contributed by atoms with E-state index in [-0.39, 0.29) is 13.2 Å². The third kappa shape index (κ3) is 5.77. The summed E-state index contributed by atoms with van der Waals surface area (Å²) in [5.74, 6) is 0.610. The molecule has 0 aliphatic carbocycles. The second-order valence-electron chi connectivity index (χ2n) is 3.80. The summed E-state index contributed by atoms with van der Waals surface area (Å²) in [4.78, 5) is 10.1. The van der Waals surface area contributed by atoms with Gasteiger partial charge in [0.25, 0.3) is 0 Å². The number of aliphatic hydroxyl groups is 2. The van der Waals surface area contributed by atoms with Crippen molar-refractivity contribution in [2.24, 2.45) is 0 Å². The molecule has 100 valence electrons. The zero-order valence-corrected chi connectivity index (χ0v) is 10.1. The van der Waals surface area contributed by atoms with Gasteiger partial charge in [-0.15, -0.1) is 0 Å². The van der Waals surface area contributed by atoms with Gasteiger partial charge < -0.3 is 24.5 Å². The Morgan fingerprint density at radius 1 is 1.39 bits per heavy atom. The molecule has 0 fully saturated rings. The average Bonchev–Trinajstić information content (AvgIpc) is 2.41. The minimum absolute atomic E-state index is 0.0476. The van der Waals surface area contributed by atoms with Crippen LogP contribution in [0.1, 0.15) is 12.0 Å². The van der Waals surface area contributed by atoms with Gasteiger partial charge in [0.1, 0.15) is 24.7 Å². The summed E-state index contributed by atoms with van der Waals surface area (Å²) in [5.41, 5.74) is 0.928. The lowest BCUT2D eigenvalue weighted by Gasteiger charge is -2.11. The van der Waals surface area contributed by atoms with Crippen LogP contribution in [0.25, 0.3) is 0 Å². The quantitative estimate of drug-likeness (QED) is 0.496. The number of carbonyl (C=O) groups excluding carboxylic acids is 1. The van der Waals surface area contributed by atoms with Crippen LogP contribution in [0.15, 0.2) is 24.3 Å². The van der Waals surface area contributed by atoms with Gasteiger partial charge >= 0.3 is 0 Å². The first kappa shape index (κ1) is 14.6. The first-order chi connectivity index (χ1) is 8.76. The van der Waals surface area contributed by atoms with Gasteiger partial charge in [0.2, 0.25) is 0 Å². The Morgan fingerprint density at radius 2 is 2.22 bits per heavy atom. The molecule has 5 heteroatoms. The van der Waals surface area contributed by atoms with Gasteiger partial charge in [-0.05, 0) is 17.7 Å². The number of rotatable bonds is 9. The maximum absolute atomic E-state index is 10.1. The van der Waals surface area contributed by atoms with Crippen molar-refractivity contribution in [1.82, 2.24) is 0 Å². The Kier molecular flexibility index (Phi) is 7.01. The van der Waals surface area contributed by atoms with Crippen LogP contribution in [0.2, 0.25) is 0 Å². The van der Waals surface area contributed by atoms with Crippen LogP contribution in [0.4, 0.5) is 0 Å². The van der Waals surface area contributed by atoms with Gasteiger partial charge in [0.05, 0.1) is 19.8 Å². The van der Waals surface area contributed by atoms with E-state index in [1.807, 2.05) is 12.1 Å². The van der Waals surface area contributed by atoms with Gasteiger partial charge in [-0.25, -0.2) is 0 Å². The molecule has 1 aromatic rings. The first-order valence-electron chi connectivity index (χ1n) is 5.78. The molecule has 0 aliphatic heterocycles. The summed E-state index contributed by atoms with van der Waals surface area (Å²) >= 11 is 0. The number of aldehydes is 1. The Balaban J connectivity index is 2.38. The van der Waals surface area contributed by atoms with Crippen molar-refractivity contribution >= 4 is 6.29 Å². The maximum Gasteiger partial charge on any atom is 0.122 e. The Hall–Kier alpha value is -1.43. The molecular formula is C13H18O5. The van der Waals surface area contributed by atoms with Crippen LogP contribution in [-0.2, 0) is 16.1 Å². The van der Waals surface area contributed by atoms with E-state index in [2.05, 4.69) is 0 Å². The van der Waals surface area contributed by atoms with Crippen LogP contribution in [0.5, 0.6) is 5.75 Å². The molecule has 0 heterocycles. The first-order valence-corrected chi connectivity index (χ1v) is 5.78. The van der Waals surface area contributed by atoms with Crippen LogP contribution in [-0.4, -0.2) is 42.4 Å². The number of carbonyl (C=O) groups is 1. The van der Waals surface area contributed by atoms with Gasteiger partial charge in [-0.2, -0.15) is 0 Å². The van der Waals surface area contributed by atoms with Crippen molar-refractivity contribution in [3.05, 3.63) is 29.8 Å². The van der Waals surface area contributed by atoms with Gasteiger partial charge in [-0.3, -0.25) is 0 Å². The minimum atomic E-state index is -0.877. The van der Waals surface area contributed by atoms with E-state index in [0.717, 1.165) is 11.8 Å². The summed E-state index contributed by atoms with van der Waals surface area (Å²) < 4.78 is 10.6. The minimum Gasteiger partial charge on any atom is -0.491 e. The van der Waals surface area contributed by atoms with Crippen molar-refractivity contribution in [2.75, 3.05) is 19.8 Å². The summed E-state index contributed by atoms with van der Waals surface area (Å²) in [5, 5.41) is 17.8. The summed E-state index contributed by atoms with van der Waals surface area (Å²) in [6, 6.07) is 7.26. The van der Waals surface area contributed by atoms with E-state index in [0.29, 0.717) is 25.4 Å². The molecule has 1 atom stereocenters. The molecule has 0 spiro atoms. The molecule has 0 saturated heterocycles. The molecule has 0 aromatic heterocycles. The average molecular weight is 254 g/mol. The van der Waals surface area contributed by atoms with Crippen LogP contribution in [0.3, 0.4) is 0 Å². The smallest absolute Gasteiger partial charge is 0.122 e. The molecule has 18 heavy (non-hydrogen) atoms. The molecule has 0 radical (unpaired) electrons. The second kappa shape index (κ2) is 8.63. The third-order valence-electron chi connectivity index (χ3n) is 2.20. The Labute approximate surface area is 106 Å². The lowest BCUT2D eigenvalue weighted by molar-refractivity contribution is -0.108. The zero-order chi connectivity index (χ0) is 13.2. The van der Waals surface area contributed by atoms with Crippen molar-refractivity contribution in [1.29, 1.82) is 0 Å². The van der Waals surface area contributed by atoms with Gasteiger partial charge in [0, 0.05) is 6.42 Å². The van der Waals surface area contributed by atoms with Crippen molar-refractivity contribution in [2.45, 2.75) is 19.1 Å². The predicted molar refractivity (Wildman–Crippen MR) is 65.4 cm³/mol. The number of ether oxygens (including phenoxy) is 2. The SMILES string of the molecule is O=CCCOCc1cccc(OCC(O)CO)c1. The highest BCUT2D eigenvalue weighted by Crippen LogP contribution is 2.14. The highest BCUT2D eigenvalue weighted by Gasteiger charge is 2.03. The molecule has 0 saturated carbocycles. The van der Waals surface area contributed by atoms with Crippen molar-refractivity contribution < 1.29 is 24.5 Å². The Bertz CT molecular complexity index is 353. The lowest BCUT2D eigenvalue weighted by Crippen LogP contribution is -2.21. The van der Waals surface area contributed by atoms with E-state index in [1.54, 1.807) is 12.1 Å². The second-order valence-corrected chi connectivity index (χ2v) is 3.80. The number of hydrogen-bond acceptors (Lipinski definition) is 5. The lowest BCUT2D eigenvalue weighted by atomic mass is 10.2. The fraction of sp³-hybridized carbons (Fsp3) is 0.462. The van der Waals surface area contributed by atoms with E-state index >= 15 is 0 Å². The van der Waals surface area contributed by atoms with E-state index in [9.17, 15) is 4.79 Å². The van der Waals surface area contributed by atoms with Gasteiger partial charge in [0.15, 0.2) is 0 Å². The number of benzene rings is 1. The molecule has 0 amide bonds. The van der Waals surface area contributed by atoms with E-state index in [1.165, 1.54) is 0 Å². The topological polar surface area (TPSA) is 76.0 Å². The molecule has 1 unspecified atom stereocenters. The summed E-state index contributed by atoms with van der Waals surface area (Å²) in [7, 11) is 0. The molecule has 5 nitrogen and oxygen atoms in total. The highest BCUT2D eigenvalue weighted by molar-refractivity contribution is 5.49. The van der Waals surface area contributed by atoms with E-state index in [4.69, 9.17) is 19.7 Å². The molecule has 2 N–H and O–H groups in total. The van der Waals surface area contributed by atoms with E-state index < -0.39 is 6.10 Å². The van der Waals surface area contributed by atoms with Crippen molar-refractivity contribution in [3.8, 4) is 5.75 Å².